The van der Waals surface area contributed by atoms with Crippen LogP contribution in [-0.2, 0) is 16.1 Å². The number of amides is 2. The van der Waals surface area contributed by atoms with E-state index in [1.165, 1.54) is 0 Å². The van der Waals surface area contributed by atoms with Crippen LogP contribution in [0.5, 0.6) is 0 Å². The summed E-state index contributed by atoms with van der Waals surface area (Å²) in [6.07, 6.45) is 0.854. The van der Waals surface area contributed by atoms with E-state index in [2.05, 4.69) is 21.2 Å². The number of nitrogens with zero attached hydrogens (tertiary/aromatic N) is 1. The van der Waals surface area contributed by atoms with Gasteiger partial charge >= 0.3 is 0 Å². The van der Waals surface area contributed by atoms with E-state index < -0.39 is 17.9 Å². The Bertz CT molecular complexity index is 1080. The van der Waals surface area contributed by atoms with Crippen LogP contribution in [0.15, 0.2) is 89.4 Å². The van der Waals surface area contributed by atoms with Crippen LogP contribution in [0.2, 0.25) is 0 Å². The van der Waals surface area contributed by atoms with Crippen molar-refractivity contribution in [3.63, 3.8) is 0 Å². The second-order valence-corrected chi connectivity index (χ2v) is 9.16. The first-order chi connectivity index (χ1) is 16.9. The molecule has 0 radical (unpaired) electrons. The van der Waals surface area contributed by atoms with Gasteiger partial charge in [-0.05, 0) is 41.7 Å². The van der Waals surface area contributed by atoms with Gasteiger partial charge in [0.1, 0.15) is 6.04 Å². The lowest BCUT2D eigenvalue weighted by molar-refractivity contribution is -0.141. The van der Waals surface area contributed by atoms with Crippen molar-refractivity contribution in [2.45, 2.75) is 31.3 Å². The Balaban J connectivity index is 2.00. The molecule has 0 aromatic heterocycles. The summed E-state index contributed by atoms with van der Waals surface area (Å²) in [6.45, 7) is 0.635. The van der Waals surface area contributed by atoms with Crippen molar-refractivity contribution in [2.75, 3.05) is 6.54 Å². The Hall–Kier alpha value is -3.65. The Morgan fingerprint density at radius 2 is 1.43 bits per heavy atom. The average molecular weight is 536 g/mol. The van der Waals surface area contributed by atoms with E-state index in [-0.39, 0.29) is 18.4 Å². The van der Waals surface area contributed by atoms with Crippen LogP contribution in [0.1, 0.15) is 35.4 Å². The maximum atomic E-state index is 14.2. The maximum Gasteiger partial charge on any atom is 0.240 e. The highest BCUT2D eigenvalue weighted by molar-refractivity contribution is 9.10. The molecule has 35 heavy (non-hydrogen) atoms. The quantitative estimate of drug-likeness (QED) is 0.169. The highest BCUT2D eigenvalue weighted by Crippen LogP contribution is 2.29. The minimum absolute atomic E-state index is 0.142. The summed E-state index contributed by atoms with van der Waals surface area (Å²) in [6, 6.07) is 25.9. The number of nitrogens with two attached hydrogens (primary N) is 2. The fourth-order valence-electron chi connectivity index (χ4n) is 4.03. The van der Waals surface area contributed by atoms with Crippen LogP contribution in [-0.4, -0.2) is 35.3 Å². The summed E-state index contributed by atoms with van der Waals surface area (Å²) in [5.74, 6) is -1.51. The standard InChI is InChI=1S/C27H30BrN5O2/c28-22-15-13-19(14-16-22)18-33(23(25(29)34)12-7-17-32-27(30)31)26(35)24(20-8-3-1-4-9-20)21-10-5-2-6-11-21/h1-6,8-11,13-16,23-24H,7,12,17-18H2,(H2,29,34)(H4,30,31,32)/t23-/m1/s1. The second-order valence-electron chi connectivity index (χ2n) is 8.25. The second kappa shape index (κ2) is 12.7. The van der Waals surface area contributed by atoms with Gasteiger partial charge in [-0.1, -0.05) is 88.7 Å². The largest absolute Gasteiger partial charge is 0.370 e. The number of nitrogens with one attached hydrogen (secondary N) is 2. The lowest BCUT2D eigenvalue weighted by Gasteiger charge is -2.33. The number of hydrogen-bond donors (Lipinski definition) is 4. The van der Waals surface area contributed by atoms with Crippen LogP contribution >= 0.6 is 15.9 Å². The van der Waals surface area contributed by atoms with Gasteiger partial charge in [-0.15, -0.1) is 0 Å². The number of carbonyl (C=O) groups is 2. The molecule has 3 rings (SSSR count). The van der Waals surface area contributed by atoms with Gasteiger partial charge in [0.2, 0.25) is 11.8 Å². The molecule has 182 valence electrons. The number of carbonyl (C=O) groups excluding carboxylic acids is 2. The van der Waals surface area contributed by atoms with E-state index in [1.807, 2.05) is 84.9 Å². The third-order valence-corrected chi connectivity index (χ3v) is 6.27. The van der Waals surface area contributed by atoms with Crippen molar-refractivity contribution < 1.29 is 9.59 Å². The molecule has 3 aromatic carbocycles. The molecule has 0 aliphatic rings. The molecular weight excluding hydrogens is 506 g/mol. The Labute approximate surface area is 214 Å². The molecule has 0 aliphatic carbocycles. The zero-order chi connectivity index (χ0) is 25.2. The van der Waals surface area contributed by atoms with Gasteiger partial charge in [0.05, 0.1) is 5.92 Å². The van der Waals surface area contributed by atoms with Crippen LogP contribution < -0.4 is 16.8 Å². The Kier molecular flexibility index (Phi) is 9.43. The number of halogens is 1. The molecule has 0 unspecified atom stereocenters. The zero-order valence-corrected chi connectivity index (χ0v) is 20.9. The first-order valence-electron chi connectivity index (χ1n) is 11.4. The van der Waals surface area contributed by atoms with Crippen LogP contribution in [0.25, 0.3) is 0 Å². The summed E-state index contributed by atoms with van der Waals surface area (Å²) in [5, 5.41) is 10.1. The predicted octanol–water partition coefficient (Wildman–Crippen LogP) is 3.73. The lowest BCUT2D eigenvalue weighted by Crippen LogP contribution is -2.49. The molecule has 0 heterocycles. The van der Waals surface area contributed by atoms with Gasteiger partial charge in [-0.3, -0.25) is 15.0 Å². The number of hydrogen-bond acceptors (Lipinski definition) is 3. The van der Waals surface area contributed by atoms with Crippen LogP contribution in [0.4, 0.5) is 0 Å². The number of benzene rings is 3. The summed E-state index contributed by atoms with van der Waals surface area (Å²) in [7, 11) is 0. The SMILES string of the molecule is N=C(N)NCCC[C@H](C(N)=O)N(Cc1ccc(Br)cc1)C(=O)C(c1ccccc1)c1ccccc1. The first kappa shape index (κ1) is 26.0. The molecule has 0 bridgehead atoms. The predicted molar refractivity (Wildman–Crippen MR) is 142 cm³/mol. The third kappa shape index (κ3) is 7.42. The molecule has 2 amide bonds. The molecule has 0 aliphatic heterocycles. The smallest absolute Gasteiger partial charge is 0.240 e. The van der Waals surface area contributed by atoms with Crippen LogP contribution in [0, 0.1) is 5.41 Å². The summed E-state index contributed by atoms with van der Waals surface area (Å²) >= 11 is 3.44. The van der Waals surface area contributed by atoms with Crippen molar-refractivity contribution in [2.24, 2.45) is 11.5 Å². The third-order valence-electron chi connectivity index (χ3n) is 5.74. The van der Waals surface area contributed by atoms with E-state index in [9.17, 15) is 9.59 Å². The van der Waals surface area contributed by atoms with E-state index in [0.717, 1.165) is 21.2 Å². The number of primary amides is 1. The van der Waals surface area contributed by atoms with Gasteiger partial charge in [0.15, 0.2) is 5.96 Å². The highest BCUT2D eigenvalue weighted by Gasteiger charge is 2.34. The maximum absolute atomic E-state index is 14.2. The lowest BCUT2D eigenvalue weighted by atomic mass is 9.89. The molecule has 8 heteroatoms. The Morgan fingerprint density at radius 3 is 1.91 bits per heavy atom. The molecular formula is C27H30BrN5O2. The number of rotatable bonds is 11. The number of guanidine groups is 1. The normalized spacial score (nSPS) is 11.6. The van der Waals surface area contributed by atoms with Gasteiger partial charge in [0.25, 0.3) is 0 Å². The van der Waals surface area contributed by atoms with Crippen molar-refractivity contribution in [3.8, 4) is 0 Å². The minimum Gasteiger partial charge on any atom is -0.370 e. The fraction of sp³-hybridized carbons (Fsp3) is 0.222. The van der Waals surface area contributed by atoms with Crippen molar-refractivity contribution in [1.82, 2.24) is 10.2 Å². The average Bonchev–Trinajstić information content (AvgIpc) is 2.85. The van der Waals surface area contributed by atoms with E-state index in [4.69, 9.17) is 16.9 Å². The molecule has 0 fully saturated rings. The molecule has 0 spiro atoms. The van der Waals surface area contributed by atoms with E-state index in [1.54, 1.807) is 4.90 Å². The van der Waals surface area contributed by atoms with Gasteiger partial charge in [0, 0.05) is 17.6 Å². The zero-order valence-electron chi connectivity index (χ0n) is 19.4. The van der Waals surface area contributed by atoms with Gasteiger partial charge in [-0.2, -0.15) is 0 Å². The minimum atomic E-state index is -0.824. The molecule has 3 aromatic rings. The van der Waals surface area contributed by atoms with Crippen molar-refractivity contribution in [3.05, 3.63) is 106 Å². The highest BCUT2D eigenvalue weighted by atomic mass is 79.9. The topological polar surface area (TPSA) is 125 Å². The summed E-state index contributed by atoms with van der Waals surface area (Å²) in [5.41, 5.74) is 13.8. The van der Waals surface area contributed by atoms with Crippen molar-refractivity contribution >= 4 is 33.7 Å². The van der Waals surface area contributed by atoms with Gasteiger partial charge in [-0.25, -0.2) is 0 Å². The van der Waals surface area contributed by atoms with Gasteiger partial charge < -0.3 is 21.7 Å². The summed E-state index contributed by atoms with van der Waals surface area (Å²) < 4.78 is 0.923. The molecule has 6 N–H and O–H groups in total. The fourth-order valence-corrected chi connectivity index (χ4v) is 4.30. The van der Waals surface area contributed by atoms with E-state index in [0.29, 0.717) is 19.4 Å². The molecule has 0 saturated carbocycles. The molecule has 1 atom stereocenters. The van der Waals surface area contributed by atoms with Crippen LogP contribution in [0.3, 0.4) is 0 Å². The Morgan fingerprint density at radius 1 is 0.886 bits per heavy atom. The summed E-state index contributed by atoms with van der Waals surface area (Å²) in [4.78, 5) is 28.5. The first-order valence-corrected chi connectivity index (χ1v) is 12.2. The van der Waals surface area contributed by atoms with E-state index >= 15 is 0 Å². The van der Waals surface area contributed by atoms with Crippen molar-refractivity contribution in [1.29, 1.82) is 5.41 Å². The monoisotopic (exact) mass is 535 g/mol. The molecule has 0 saturated heterocycles. The molecule has 7 nitrogen and oxygen atoms in total.